The number of hydrogen-bond donors (Lipinski definition) is 4. The third-order valence-corrected chi connectivity index (χ3v) is 5.42. The van der Waals surface area contributed by atoms with Gasteiger partial charge in [0.1, 0.15) is 6.04 Å². The number of nitrogens with one attached hydrogen (secondary N) is 2. The highest BCUT2D eigenvalue weighted by Gasteiger charge is 2.30. The number of carboxylic acid groups (broad SMARTS) is 1. The summed E-state index contributed by atoms with van der Waals surface area (Å²) in [4.78, 5) is 72.5. The predicted octanol–water partition coefficient (Wildman–Crippen LogP) is 0.850. The normalized spacial score (nSPS) is 16.0. The first-order chi connectivity index (χ1) is 15.4. The van der Waals surface area contributed by atoms with Crippen molar-refractivity contribution in [3.05, 3.63) is 12.2 Å². The number of imide groups is 1. The van der Waals surface area contributed by atoms with E-state index < -0.39 is 35.0 Å². The molecule has 0 fully saturated rings. The molecule has 0 bridgehead atoms. The first kappa shape index (κ1) is 28.3. The van der Waals surface area contributed by atoms with Crippen molar-refractivity contribution in [1.29, 1.82) is 0 Å². The van der Waals surface area contributed by atoms with Crippen LogP contribution in [0.1, 0.15) is 59.3 Å². The molecule has 0 aromatic carbocycles. The molecule has 33 heavy (non-hydrogen) atoms. The number of carbonyl (C=O) groups is 6. The monoisotopic (exact) mass is 483 g/mol. The number of hydrogen-bond acceptors (Lipinski definition) is 7. The van der Waals surface area contributed by atoms with Crippen molar-refractivity contribution in [2.75, 3.05) is 6.54 Å². The number of amides is 4. The first-order valence-electron chi connectivity index (χ1n) is 11.0. The Balaban J connectivity index is 2.53. The second kappa shape index (κ2) is 13.8. The van der Waals surface area contributed by atoms with Gasteiger partial charge in [-0.1, -0.05) is 20.3 Å². The minimum absolute atomic E-state index is 0.0683. The quantitative estimate of drug-likeness (QED) is 0.153. The zero-order chi connectivity index (χ0) is 25.1. The van der Waals surface area contributed by atoms with Gasteiger partial charge in [0.15, 0.2) is 5.78 Å². The summed E-state index contributed by atoms with van der Waals surface area (Å²) in [5.41, 5.74) is 0. The van der Waals surface area contributed by atoms with Crippen LogP contribution in [0.3, 0.4) is 0 Å². The van der Waals surface area contributed by atoms with E-state index in [9.17, 15) is 28.8 Å². The highest BCUT2D eigenvalue weighted by Crippen LogP contribution is 2.11. The van der Waals surface area contributed by atoms with Crippen molar-refractivity contribution in [3.63, 3.8) is 0 Å². The molecule has 1 rings (SSSR count). The summed E-state index contributed by atoms with van der Waals surface area (Å²) in [7, 11) is 0. The average Bonchev–Trinajstić information content (AvgIpc) is 3.05. The van der Waals surface area contributed by atoms with Crippen molar-refractivity contribution < 1.29 is 33.9 Å². The van der Waals surface area contributed by atoms with E-state index in [1.807, 2.05) is 0 Å². The minimum Gasteiger partial charge on any atom is -0.481 e. The zero-order valence-electron chi connectivity index (χ0n) is 19.2. The van der Waals surface area contributed by atoms with Crippen molar-refractivity contribution in [1.82, 2.24) is 15.5 Å². The SMILES string of the molecule is CC(S)C(=O)[C@H](CCC(=O)O)NC(=O)[C@@H](NC(=O)CCCCCN1C(=O)C=CC1=O)C(C)C. The van der Waals surface area contributed by atoms with Crippen LogP contribution in [-0.2, 0) is 28.8 Å². The zero-order valence-corrected chi connectivity index (χ0v) is 20.1. The Hall–Kier alpha value is -2.69. The molecule has 0 saturated heterocycles. The molecular weight excluding hydrogens is 450 g/mol. The van der Waals surface area contributed by atoms with E-state index in [-0.39, 0.29) is 42.9 Å². The maximum absolute atomic E-state index is 12.8. The lowest BCUT2D eigenvalue weighted by molar-refractivity contribution is -0.138. The molecule has 0 aromatic heterocycles. The number of ketones is 1. The van der Waals surface area contributed by atoms with Gasteiger partial charge in [0.2, 0.25) is 11.8 Å². The Labute approximate surface area is 198 Å². The second-order valence-corrected chi connectivity index (χ2v) is 9.11. The molecule has 1 heterocycles. The number of Topliss-reactive ketones (excluding diaryl/α,β-unsaturated/α-hetero) is 1. The number of unbranched alkanes of at least 4 members (excludes halogenated alkanes) is 2. The van der Waals surface area contributed by atoms with Crippen molar-refractivity contribution >= 4 is 48.0 Å². The van der Waals surface area contributed by atoms with Crippen LogP contribution < -0.4 is 10.6 Å². The Morgan fingerprint density at radius 2 is 1.58 bits per heavy atom. The fourth-order valence-corrected chi connectivity index (χ4v) is 3.45. The summed E-state index contributed by atoms with van der Waals surface area (Å²) in [6.45, 7) is 5.33. The van der Waals surface area contributed by atoms with Crippen molar-refractivity contribution in [2.24, 2.45) is 5.92 Å². The van der Waals surface area contributed by atoms with E-state index in [1.165, 1.54) is 12.2 Å². The van der Waals surface area contributed by atoms with Crippen LogP contribution in [0, 0.1) is 5.92 Å². The molecule has 0 aromatic rings. The highest BCUT2D eigenvalue weighted by molar-refractivity contribution is 7.81. The summed E-state index contributed by atoms with van der Waals surface area (Å²) in [6.07, 6.45) is 3.95. The molecule has 3 N–H and O–H groups in total. The van der Waals surface area contributed by atoms with Crippen molar-refractivity contribution in [3.8, 4) is 0 Å². The number of carboxylic acids is 1. The van der Waals surface area contributed by atoms with Crippen LogP contribution >= 0.6 is 12.6 Å². The van der Waals surface area contributed by atoms with Crippen LogP contribution in [0.15, 0.2) is 12.2 Å². The smallest absolute Gasteiger partial charge is 0.303 e. The molecular formula is C22H33N3O7S. The largest absolute Gasteiger partial charge is 0.481 e. The number of thiol groups is 1. The fourth-order valence-electron chi connectivity index (χ4n) is 3.27. The second-order valence-electron chi connectivity index (χ2n) is 8.33. The van der Waals surface area contributed by atoms with E-state index in [0.29, 0.717) is 25.8 Å². The summed E-state index contributed by atoms with van der Waals surface area (Å²) < 4.78 is 0. The van der Waals surface area contributed by atoms with Gasteiger partial charge in [-0.05, 0) is 32.1 Å². The summed E-state index contributed by atoms with van der Waals surface area (Å²) >= 11 is 4.08. The van der Waals surface area contributed by atoms with Gasteiger partial charge in [0, 0.05) is 31.5 Å². The molecule has 1 aliphatic heterocycles. The molecule has 0 radical (unpaired) electrons. The molecule has 0 aliphatic carbocycles. The van der Waals surface area contributed by atoms with Gasteiger partial charge in [0.25, 0.3) is 11.8 Å². The predicted molar refractivity (Wildman–Crippen MR) is 123 cm³/mol. The van der Waals surface area contributed by atoms with Crippen LogP contribution in [-0.4, -0.2) is 69.3 Å². The number of nitrogens with zero attached hydrogens (tertiary/aromatic N) is 1. The molecule has 3 atom stereocenters. The van der Waals surface area contributed by atoms with Gasteiger partial charge in [-0.15, -0.1) is 0 Å². The first-order valence-corrected chi connectivity index (χ1v) is 11.5. The lowest BCUT2D eigenvalue weighted by atomic mass is 10.00. The molecule has 4 amide bonds. The summed E-state index contributed by atoms with van der Waals surface area (Å²) in [6, 6.07) is -1.90. The van der Waals surface area contributed by atoms with E-state index in [0.717, 1.165) is 4.90 Å². The standard InChI is InChI=1S/C22H33N3O7S/c1-13(2)20(22(32)23-15(8-11-19(29)30)21(31)14(3)33)24-16(26)7-5-4-6-12-25-17(27)9-10-18(25)28/h9-10,13-15,20,33H,4-8,11-12H2,1-3H3,(H,23,32)(H,24,26)(H,29,30)/t14?,15-,20-/m0/s1. The molecule has 184 valence electrons. The van der Waals surface area contributed by atoms with E-state index in [4.69, 9.17) is 5.11 Å². The van der Waals surface area contributed by atoms with Gasteiger partial charge in [0.05, 0.1) is 11.3 Å². The lowest BCUT2D eigenvalue weighted by Crippen LogP contribution is -2.54. The Kier molecular flexibility index (Phi) is 11.8. The maximum Gasteiger partial charge on any atom is 0.303 e. The molecule has 11 heteroatoms. The highest BCUT2D eigenvalue weighted by atomic mass is 32.1. The van der Waals surface area contributed by atoms with Crippen molar-refractivity contribution in [2.45, 2.75) is 76.6 Å². The number of carbonyl (C=O) groups excluding carboxylic acids is 5. The average molecular weight is 484 g/mol. The maximum atomic E-state index is 12.8. The Morgan fingerprint density at radius 1 is 0.970 bits per heavy atom. The van der Waals surface area contributed by atoms with Gasteiger partial charge in [-0.25, -0.2) is 0 Å². The molecule has 1 unspecified atom stereocenters. The van der Waals surface area contributed by atoms with Crippen LogP contribution in [0.5, 0.6) is 0 Å². The van der Waals surface area contributed by atoms with E-state index in [1.54, 1.807) is 20.8 Å². The topological polar surface area (TPSA) is 150 Å². The molecule has 0 saturated carbocycles. The molecule has 1 aliphatic rings. The molecule has 0 spiro atoms. The molecule has 10 nitrogen and oxygen atoms in total. The van der Waals surface area contributed by atoms with Gasteiger partial charge < -0.3 is 15.7 Å². The third-order valence-electron chi connectivity index (χ3n) is 5.17. The van der Waals surface area contributed by atoms with Gasteiger partial charge in [-0.3, -0.25) is 33.7 Å². The van der Waals surface area contributed by atoms with Crippen LogP contribution in [0.25, 0.3) is 0 Å². The Morgan fingerprint density at radius 3 is 2.09 bits per heavy atom. The minimum atomic E-state index is -1.09. The number of rotatable bonds is 15. The number of aliphatic carboxylic acids is 1. The van der Waals surface area contributed by atoms with Crippen LogP contribution in [0.2, 0.25) is 0 Å². The van der Waals surface area contributed by atoms with Gasteiger partial charge >= 0.3 is 5.97 Å². The third kappa shape index (κ3) is 9.77. The van der Waals surface area contributed by atoms with Crippen LogP contribution in [0.4, 0.5) is 0 Å². The fraction of sp³-hybridized carbons (Fsp3) is 0.636. The Bertz CT molecular complexity index is 777. The summed E-state index contributed by atoms with van der Waals surface area (Å²) in [5.74, 6) is -3.32. The van der Waals surface area contributed by atoms with E-state index in [2.05, 4.69) is 23.3 Å². The van der Waals surface area contributed by atoms with Gasteiger partial charge in [-0.2, -0.15) is 12.6 Å². The lowest BCUT2D eigenvalue weighted by Gasteiger charge is -2.25. The van der Waals surface area contributed by atoms with E-state index >= 15 is 0 Å². The summed E-state index contributed by atoms with van der Waals surface area (Å²) in [5, 5.41) is 13.5.